The van der Waals surface area contributed by atoms with Gasteiger partial charge in [-0.3, -0.25) is 4.79 Å². The van der Waals surface area contributed by atoms with E-state index in [0.29, 0.717) is 5.56 Å². The van der Waals surface area contributed by atoms with E-state index < -0.39 is 0 Å². The Balaban J connectivity index is 2.18. The Labute approximate surface area is 132 Å². The molecule has 0 saturated heterocycles. The lowest BCUT2D eigenvalue weighted by Crippen LogP contribution is -2.10. The molecule has 0 spiro atoms. The van der Waals surface area contributed by atoms with Gasteiger partial charge in [-0.15, -0.1) is 0 Å². The molecule has 2 aromatic rings. The molecule has 0 N–H and O–H groups in total. The van der Waals surface area contributed by atoms with Crippen molar-refractivity contribution in [1.29, 1.82) is 0 Å². The molecule has 0 unspecified atom stereocenters. The number of aldehydes is 1. The maximum atomic E-state index is 10.8. The standard InChI is InChI=1S/C17H17BrOS/c1-17(2,3)13-5-8-14(9-6-13)20-15-7-4-12(11-19)16(18)10-15/h4-11H,1-3H3. The third-order valence-corrected chi connectivity index (χ3v) is 4.74. The zero-order valence-corrected chi connectivity index (χ0v) is 14.2. The summed E-state index contributed by atoms with van der Waals surface area (Å²) in [5, 5.41) is 0. The summed E-state index contributed by atoms with van der Waals surface area (Å²) in [7, 11) is 0. The van der Waals surface area contributed by atoms with Crippen molar-refractivity contribution in [2.45, 2.75) is 36.0 Å². The first-order valence-electron chi connectivity index (χ1n) is 6.43. The van der Waals surface area contributed by atoms with Gasteiger partial charge in [0, 0.05) is 19.8 Å². The number of hydrogen-bond acceptors (Lipinski definition) is 2. The molecule has 0 aliphatic heterocycles. The Morgan fingerprint density at radius 2 is 1.60 bits per heavy atom. The number of carbonyl (C=O) groups excluding carboxylic acids is 1. The van der Waals surface area contributed by atoms with Crippen LogP contribution in [0.25, 0.3) is 0 Å². The van der Waals surface area contributed by atoms with Crippen molar-refractivity contribution < 1.29 is 4.79 Å². The molecule has 0 aromatic heterocycles. The first-order chi connectivity index (χ1) is 9.40. The molecular formula is C17H17BrOS. The smallest absolute Gasteiger partial charge is 0.151 e. The van der Waals surface area contributed by atoms with Gasteiger partial charge in [-0.25, -0.2) is 0 Å². The van der Waals surface area contributed by atoms with Crippen LogP contribution in [0.4, 0.5) is 0 Å². The molecule has 0 fully saturated rings. The van der Waals surface area contributed by atoms with Crippen LogP contribution in [-0.4, -0.2) is 6.29 Å². The molecule has 3 heteroatoms. The number of benzene rings is 2. The number of carbonyl (C=O) groups is 1. The van der Waals surface area contributed by atoms with E-state index in [-0.39, 0.29) is 5.41 Å². The SMILES string of the molecule is CC(C)(C)c1ccc(Sc2ccc(C=O)c(Br)c2)cc1. The van der Waals surface area contributed by atoms with Crippen LogP contribution in [-0.2, 0) is 5.41 Å². The minimum Gasteiger partial charge on any atom is -0.298 e. The summed E-state index contributed by atoms with van der Waals surface area (Å²) in [5.41, 5.74) is 2.19. The zero-order valence-electron chi connectivity index (χ0n) is 11.8. The number of rotatable bonds is 3. The minimum absolute atomic E-state index is 0.178. The van der Waals surface area contributed by atoms with E-state index in [1.807, 2.05) is 18.2 Å². The normalized spacial score (nSPS) is 11.4. The number of hydrogen-bond donors (Lipinski definition) is 0. The van der Waals surface area contributed by atoms with Crippen LogP contribution in [0.1, 0.15) is 36.7 Å². The average molecular weight is 349 g/mol. The highest BCUT2D eigenvalue weighted by Crippen LogP contribution is 2.32. The average Bonchev–Trinajstić information content (AvgIpc) is 2.38. The minimum atomic E-state index is 0.178. The Morgan fingerprint density at radius 1 is 1.00 bits per heavy atom. The van der Waals surface area contributed by atoms with Gasteiger partial charge in [0.25, 0.3) is 0 Å². The summed E-state index contributed by atoms with van der Waals surface area (Å²) in [4.78, 5) is 13.1. The lowest BCUT2D eigenvalue weighted by molar-refractivity contribution is 0.112. The molecule has 0 saturated carbocycles. The molecule has 0 radical (unpaired) electrons. The summed E-state index contributed by atoms with van der Waals surface area (Å²) >= 11 is 5.11. The van der Waals surface area contributed by atoms with E-state index in [4.69, 9.17) is 0 Å². The fraction of sp³-hybridized carbons (Fsp3) is 0.235. The molecule has 1 nitrogen and oxygen atoms in total. The van der Waals surface area contributed by atoms with Gasteiger partial charge in [0.05, 0.1) is 0 Å². The molecule has 0 bridgehead atoms. The van der Waals surface area contributed by atoms with Gasteiger partial charge in [0.15, 0.2) is 6.29 Å². The third kappa shape index (κ3) is 3.74. The fourth-order valence-electron chi connectivity index (χ4n) is 1.83. The van der Waals surface area contributed by atoms with Crippen LogP contribution in [0, 0.1) is 0 Å². The maximum Gasteiger partial charge on any atom is 0.151 e. The predicted octanol–water partition coefficient (Wildman–Crippen LogP) is 5.71. The van der Waals surface area contributed by atoms with Crippen molar-refractivity contribution >= 4 is 34.0 Å². The van der Waals surface area contributed by atoms with E-state index in [9.17, 15) is 4.79 Å². The van der Waals surface area contributed by atoms with Crippen molar-refractivity contribution in [2.75, 3.05) is 0 Å². The zero-order chi connectivity index (χ0) is 14.8. The molecular weight excluding hydrogens is 332 g/mol. The Morgan fingerprint density at radius 3 is 2.10 bits per heavy atom. The van der Waals surface area contributed by atoms with Crippen LogP contribution in [0.5, 0.6) is 0 Å². The van der Waals surface area contributed by atoms with Gasteiger partial charge < -0.3 is 0 Å². The molecule has 0 aliphatic carbocycles. The van der Waals surface area contributed by atoms with Crippen LogP contribution in [0.3, 0.4) is 0 Å². The maximum absolute atomic E-state index is 10.8. The second-order valence-corrected chi connectivity index (χ2v) is 7.68. The molecule has 2 rings (SSSR count). The highest BCUT2D eigenvalue weighted by molar-refractivity contribution is 9.10. The van der Waals surface area contributed by atoms with Gasteiger partial charge in [-0.1, -0.05) is 60.6 Å². The Kier molecular flexibility index (Phi) is 4.71. The van der Waals surface area contributed by atoms with Crippen molar-refractivity contribution in [3.05, 3.63) is 58.1 Å². The van der Waals surface area contributed by atoms with Crippen LogP contribution in [0.15, 0.2) is 56.7 Å². The second kappa shape index (κ2) is 6.15. The Bertz CT molecular complexity index is 612. The topological polar surface area (TPSA) is 17.1 Å². The summed E-state index contributed by atoms with van der Waals surface area (Å²) in [6.45, 7) is 6.64. The van der Waals surface area contributed by atoms with Gasteiger partial charge in [-0.2, -0.15) is 0 Å². The molecule has 104 valence electrons. The first-order valence-corrected chi connectivity index (χ1v) is 8.04. The highest BCUT2D eigenvalue weighted by atomic mass is 79.9. The molecule has 0 heterocycles. The monoisotopic (exact) mass is 348 g/mol. The molecule has 20 heavy (non-hydrogen) atoms. The fourth-order valence-corrected chi connectivity index (χ4v) is 3.31. The predicted molar refractivity (Wildman–Crippen MR) is 88.8 cm³/mol. The van der Waals surface area contributed by atoms with Gasteiger partial charge in [0.1, 0.15) is 0 Å². The summed E-state index contributed by atoms with van der Waals surface area (Å²) in [6.07, 6.45) is 0.858. The summed E-state index contributed by atoms with van der Waals surface area (Å²) in [5.74, 6) is 0. The van der Waals surface area contributed by atoms with Crippen molar-refractivity contribution in [1.82, 2.24) is 0 Å². The third-order valence-electron chi connectivity index (χ3n) is 3.05. The lowest BCUT2D eigenvalue weighted by atomic mass is 9.87. The summed E-state index contributed by atoms with van der Waals surface area (Å²) < 4.78 is 0.837. The molecule has 2 aromatic carbocycles. The largest absolute Gasteiger partial charge is 0.298 e. The molecule has 0 aliphatic rings. The molecule has 0 amide bonds. The van der Waals surface area contributed by atoms with Crippen LogP contribution in [0.2, 0.25) is 0 Å². The van der Waals surface area contributed by atoms with Gasteiger partial charge >= 0.3 is 0 Å². The Hall–Kier alpha value is -1.06. The van der Waals surface area contributed by atoms with Gasteiger partial charge in [-0.05, 0) is 41.3 Å². The van der Waals surface area contributed by atoms with E-state index in [0.717, 1.165) is 15.7 Å². The first kappa shape index (κ1) is 15.3. The van der Waals surface area contributed by atoms with Gasteiger partial charge in [0.2, 0.25) is 0 Å². The second-order valence-electron chi connectivity index (χ2n) is 5.68. The number of halogens is 1. The van der Waals surface area contributed by atoms with Crippen LogP contribution >= 0.6 is 27.7 Å². The van der Waals surface area contributed by atoms with Crippen LogP contribution < -0.4 is 0 Å². The lowest BCUT2D eigenvalue weighted by Gasteiger charge is -2.19. The molecule has 0 atom stereocenters. The summed E-state index contributed by atoms with van der Waals surface area (Å²) in [6, 6.07) is 14.4. The van der Waals surface area contributed by atoms with E-state index >= 15 is 0 Å². The quantitative estimate of drug-likeness (QED) is 0.660. The van der Waals surface area contributed by atoms with E-state index in [1.54, 1.807) is 11.8 Å². The van der Waals surface area contributed by atoms with Crippen molar-refractivity contribution in [3.63, 3.8) is 0 Å². The van der Waals surface area contributed by atoms with Crippen molar-refractivity contribution in [2.24, 2.45) is 0 Å². The highest BCUT2D eigenvalue weighted by Gasteiger charge is 2.13. The van der Waals surface area contributed by atoms with E-state index in [2.05, 4.69) is 61.0 Å². The van der Waals surface area contributed by atoms with Crippen molar-refractivity contribution in [3.8, 4) is 0 Å². The van der Waals surface area contributed by atoms with E-state index in [1.165, 1.54) is 10.5 Å².